The zero-order chi connectivity index (χ0) is 8.39. The fourth-order valence-electron chi connectivity index (χ4n) is 0.887. The maximum atomic E-state index is 11.2. The van der Waals surface area contributed by atoms with Gasteiger partial charge in [-0.1, -0.05) is 0 Å². The minimum atomic E-state index is -0.185. The Morgan fingerprint density at radius 1 is 1.75 bits per heavy atom. The predicted octanol–water partition coefficient (Wildman–Crippen LogP) is 0.408. The zero-order valence-corrected chi connectivity index (χ0v) is 6.45. The van der Waals surface area contributed by atoms with E-state index in [4.69, 9.17) is 9.15 Å². The molecule has 12 heavy (non-hydrogen) atoms. The summed E-state index contributed by atoms with van der Waals surface area (Å²) < 4.78 is 9.83. The van der Waals surface area contributed by atoms with Gasteiger partial charge in [-0.25, -0.2) is 0 Å². The van der Waals surface area contributed by atoms with Crippen LogP contribution in [0.15, 0.2) is 22.8 Å². The van der Waals surface area contributed by atoms with Gasteiger partial charge in [-0.05, 0) is 12.1 Å². The lowest BCUT2D eigenvalue weighted by molar-refractivity contribution is 0.0922. The molecule has 0 radical (unpaired) electrons. The number of carbonyl (C=O) groups excluding carboxylic acids is 1. The Bertz CT molecular complexity index is 264. The standard InChI is InChI=1S/C8H9NO3/c10-8(7-2-1-3-11-7)9-4-6-5-12-6/h1-3,6H,4-5H2,(H,9,10)/t6-/m0/s1. The van der Waals surface area contributed by atoms with Crippen molar-refractivity contribution in [1.82, 2.24) is 5.32 Å². The van der Waals surface area contributed by atoms with Crippen LogP contribution < -0.4 is 5.32 Å². The quantitative estimate of drug-likeness (QED) is 0.663. The van der Waals surface area contributed by atoms with Crippen LogP contribution in [-0.4, -0.2) is 25.2 Å². The van der Waals surface area contributed by atoms with E-state index in [9.17, 15) is 4.79 Å². The minimum Gasteiger partial charge on any atom is -0.459 e. The van der Waals surface area contributed by atoms with Crippen LogP contribution in [0.3, 0.4) is 0 Å². The average molecular weight is 167 g/mol. The van der Waals surface area contributed by atoms with E-state index in [1.165, 1.54) is 6.26 Å². The molecule has 4 heteroatoms. The molecule has 1 amide bonds. The molecule has 1 saturated heterocycles. The topological polar surface area (TPSA) is 54.8 Å². The highest BCUT2D eigenvalue weighted by Crippen LogP contribution is 2.07. The lowest BCUT2D eigenvalue weighted by atomic mass is 10.4. The van der Waals surface area contributed by atoms with Crippen molar-refractivity contribution in [3.05, 3.63) is 24.2 Å². The van der Waals surface area contributed by atoms with Crippen molar-refractivity contribution in [2.24, 2.45) is 0 Å². The average Bonchev–Trinajstić information content (AvgIpc) is 2.74. The van der Waals surface area contributed by atoms with Gasteiger partial charge in [0.25, 0.3) is 5.91 Å². The highest BCUT2D eigenvalue weighted by Gasteiger charge is 2.23. The maximum absolute atomic E-state index is 11.2. The number of carbonyl (C=O) groups is 1. The normalized spacial score (nSPS) is 20.5. The molecule has 1 aliphatic rings. The molecule has 1 atom stereocenters. The van der Waals surface area contributed by atoms with Crippen molar-refractivity contribution in [2.75, 3.05) is 13.2 Å². The first-order valence-electron chi connectivity index (χ1n) is 3.79. The molecule has 1 aromatic rings. The second-order valence-corrected chi connectivity index (χ2v) is 2.64. The number of nitrogens with one attached hydrogen (secondary N) is 1. The molecule has 1 N–H and O–H groups in total. The Morgan fingerprint density at radius 2 is 2.58 bits per heavy atom. The summed E-state index contributed by atoms with van der Waals surface area (Å²) in [6, 6.07) is 3.31. The second kappa shape index (κ2) is 2.98. The van der Waals surface area contributed by atoms with E-state index in [2.05, 4.69) is 5.32 Å². The van der Waals surface area contributed by atoms with E-state index < -0.39 is 0 Å². The Balaban J connectivity index is 1.83. The zero-order valence-electron chi connectivity index (χ0n) is 6.45. The summed E-state index contributed by atoms with van der Waals surface area (Å²) in [4.78, 5) is 11.2. The van der Waals surface area contributed by atoms with Gasteiger partial charge in [0.05, 0.1) is 19.0 Å². The van der Waals surface area contributed by atoms with Crippen LogP contribution in [0.4, 0.5) is 0 Å². The summed E-state index contributed by atoms with van der Waals surface area (Å²) in [5, 5.41) is 2.69. The summed E-state index contributed by atoms with van der Waals surface area (Å²) in [6.45, 7) is 1.32. The minimum absolute atomic E-state index is 0.185. The van der Waals surface area contributed by atoms with Gasteiger partial charge < -0.3 is 14.5 Å². The van der Waals surface area contributed by atoms with Crippen LogP contribution in [0.1, 0.15) is 10.6 Å². The number of ether oxygens (including phenoxy) is 1. The molecule has 1 fully saturated rings. The van der Waals surface area contributed by atoms with Crippen LogP contribution in [-0.2, 0) is 4.74 Å². The van der Waals surface area contributed by atoms with Crippen LogP contribution in [0.25, 0.3) is 0 Å². The van der Waals surface area contributed by atoms with E-state index in [1.54, 1.807) is 12.1 Å². The van der Waals surface area contributed by atoms with Crippen molar-refractivity contribution in [2.45, 2.75) is 6.10 Å². The van der Waals surface area contributed by atoms with Gasteiger partial charge in [-0.3, -0.25) is 4.79 Å². The predicted molar refractivity (Wildman–Crippen MR) is 40.8 cm³/mol. The number of amides is 1. The van der Waals surface area contributed by atoms with Crippen LogP contribution in [0.2, 0.25) is 0 Å². The monoisotopic (exact) mass is 167 g/mol. The number of epoxide rings is 1. The van der Waals surface area contributed by atoms with Crippen molar-refractivity contribution < 1.29 is 13.9 Å². The van der Waals surface area contributed by atoms with Crippen LogP contribution in [0, 0.1) is 0 Å². The molecule has 1 aliphatic heterocycles. The summed E-state index contributed by atoms with van der Waals surface area (Å²) >= 11 is 0. The lowest BCUT2D eigenvalue weighted by Gasteiger charge is -1.98. The van der Waals surface area contributed by atoms with Gasteiger partial charge in [-0.2, -0.15) is 0 Å². The fourth-order valence-corrected chi connectivity index (χ4v) is 0.887. The van der Waals surface area contributed by atoms with E-state index in [1.807, 2.05) is 0 Å². The molecule has 0 saturated carbocycles. The molecule has 64 valence electrons. The molecule has 0 bridgehead atoms. The third-order valence-electron chi connectivity index (χ3n) is 1.64. The third kappa shape index (κ3) is 1.65. The lowest BCUT2D eigenvalue weighted by Crippen LogP contribution is -2.26. The Morgan fingerprint density at radius 3 is 3.17 bits per heavy atom. The van der Waals surface area contributed by atoms with Gasteiger partial charge in [-0.15, -0.1) is 0 Å². The number of rotatable bonds is 3. The van der Waals surface area contributed by atoms with Gasteiger partial charge in [0, 0.05) is 6.54 Å². The highest BCUT2D eigenvalue weighted by atomic mass is 16.6. The SMILES string of the molecule is O=C(NC[C@H]1CO1)c1ccco1. The van der Waals surface area contributed by atoms with E-state index in [0.29, 0.717) is 12.3 Å². The van der Waals surface area contributed by atoms with Gasteiger partial charge in [0.2, 0.25) is 0 Å². The van der Waals surface area contributed by atoms with Crippen LogP contribution >= 0.6 is 0 Å². The number of hydrogen-bond donors (Lipinski definition) is 1. The second-order valence-electron chi connectivity index (χ2n) is 2.64. The largest absolute Gasteiger partial charge is 0.459 e. The number of furan rings is 1. The molecular weight excluding hydrogens is 158 g/mol. The Hall–Kier alpha value is -1.29. The molecule has 0 aromatic carbocycles. The molecule has 4 nitrogen and oxygen atoms in total. The molecule has 2 rings (SSSR count). The molecule has 1 aromatic heterocycles. The number of hydrogen-bond acceptors (Lipinski definition) is 3. The molecule has 2 heterocycles. The molecular formula is C8H9NO3. The highest BCUT2D eigenvalue weighted by molar-refractivity contribution is 5.91. The summed E-state index contributed by atoms with van der Waals surface area (Å²) in [7, 11) is 0. The first-order valence-corrected chi connectivity index (χ1v) is 3.79. The van der Waals surface area contributed by atoms with Crippen molar-refractivity contribution >= 4 is 5.91 Å². The molecule has 0 unspecified atom stereocenters. The first kappa shape index (κ1) is 7.36. The van der Waals surface area contributed by atoms with Crippen molar-refractivity contribution in [3.8, 4) is 0 Å². The van der Waals surface area contributed by atoms with E-state index in [0.717, 1.165) is 6.61 Å². The van der Waals surface area contributed by atoms with Gasteiger partial charge in [0.1, 0.15) is 0 Å². The maximum Gasteiger partial charge on any atom is 0.287 e. The summed E-state index contributed by atoms with van der Waals surface area (Å²) in [5.74, 6) is 0.158. The Kier molecular flexibility index (Phi) is 1.83. The van der Waals surface area contributed by atoms with E-state index in [-0.39, 0.29) is 12.0 Å². The summed E-state index contributed by atoms with van der Waals surface area (Å²) in [5.41, 5.74) is 0. The molecule has 0 aliphatic carbocycles. The Labute approximate surface area is 69.5 Å². The molecule has 0 spiro atoms. The van der Waals surface area contributed by atoms with Crippen LogP contribution in [0.5, 0.6) is 0 Å². The van der Waals surface area contributed by atoms with E-state index >= 15 is 0 Å². The first-order chi connectivity index (χ1) is 5.86. The van der Waals surface area contributed by atoms with Crippen molar-refractivity contribution in [3.63, 3.8) is 0 Å². The van der Waals surface area contributed by atoms with Gasteiger partial charge in [0.15, 0.2) is 5.76 Å². The summed E-state index contributed by atoms with van der Waals surface area (Å²) in [6.07, 6.45) is 1.69. The fraction of sp³-hybridized carbons (Fsp3) is 0.375. The smallest absolute Gasteiger partial charge is 0.287 e. The van der Waals surface area contributed by atoms with Gasteiger partial charge >= 0.3 is 0 Å². The third-order valence-corrected chi connectivity index (χ3v) is 1.64. The van der Waals surface area contributed by atoms with Crippen molar-refractivity contribution in [1.29, 1.82) is 0 Å².